The maximum Gasteiger partial charge on any atom is 0.147 e. The van der Waals surface area contributed by atoms with Crippen LogP contribution in [0.3, 0.4) is 0 Å². The topological polar surface area (TPSA) is 29.0 Å². The van der Waals surface area contributed by atoms with E-state index in [1.807, 2.05) is 25.2 Å². The van der Waals surface area contributed by atoms with E-state index in [1.165, 1.54) is 5.56 Å². The number of aromatic nitrogens is 2. The number of benzene rings is 1. The van der Waals surface area contributed by atoms with Gasteiger partial charge in [-0.05, 0) is 21.5 Å². The monoisotopic (exact) mass is 277 g/mol. The highest BCUT2D eigenvalue weighted by atomic mass is 79.9. The van der Waals surface area contributed by atoms with Crippen LogP contribution in [0.1, 0.15) is 5.56 Å². The molecule has 0 unspecified atom stereocenters. The molecule has 1 aromatic carbocycles. The largest absolute Gasteiger partial charge is 0.354 e. The number of halogens is 1. The van der Waals surface area contributed by atoms with Gasteiger partial charge in [0.05, 0.1) is 12.4 Å². The van der Waals surface area contributed by atoms with Crippen LogP contribution in [-0.4, -0.2) is 17.0 Å². The van der Waals surface area contributed by atoms with Gasteiger partial charge in [0.1, 0.15) is 10.4 Å². The first kappa shape index (κ1) is 11.1. The molecule has 82 valence electrons. The summed E-state index contributed by atoms with van der Waals surface area (Å²) >= 11 is 3.27. The van der Waals surface area contributed by atoms with Gasteiger partial charge in [-0.1, -0.05) is 30.3 Å². The molecule has 0 aliphatic rings. The van der Waals surface area contributed by atoms with E-state index < -0.39 is 0 Å². The van der Waals surface area contributed by atoms with Gasteiger partial charge in [-0.3, -0.25) is 0 Å². The summed E-state index contributed by atoms with van der Waals surface area (Å²) in [6.07, 6.45) is 3.46. The van der Waals surface area contributed by atoms with Crippen molar-refractivity contribution >= 4 is 21.7 Å². The van der Waals surface area contributed by atoms with E-state index in [2.05, 4.69) is 42.9 Å². The molecule has 0 atom stereocenters. The normalized spacial score (nSPS) is 10.1. The van der Waals surface area contributed by atoms with E-state index in [1.54, 1.807) is 12.4 Å². The second kappa shape index (κ2) is 5.07. The average molecular weight is 278 g/mol. The van der Waals surface area contributed by atoms with Gasteiger partial charge in [0.25, 0.3) is 0 Å². The van der Waals surface area contributed by atoms with Crippen LogP contribution in [0.15, 0.2) is 47.3 Å². The fourth-order valence-electron chi connectivity index (χ4n) is 1.44. The summed E-state index contributed by atoms with van der Waals surface area (Å²) in [7, 11) is 2.00. The quantitative estimate of drug-likeness (QED) is 0.864. The molecule has 2 aromatic rings. The van der Waals surface area contributed by atoms with E-state index >= 15 is 0 Å². The van der Waals surface area contributed by atoms with Crippen LogP contribution >= 0.6 is 15.9 Å². The first-order chi connectivity index (χ1) is 7.75. The second-order valence-electron chi connectivity index (χ2n) is 3.54. The number of anilines is 1. The minimum absolute atomic E-state index is 0.754. The molecular formula is C12H12BrN3. The van der Waals surface area contributed by atoms with Crippen molar-refractivity contribution in [1.29, 1.82) is 0 Å². The molecule has 0 radical (unpaired) electrons. The van der Waals surface area contributed by atoms with Gasteiger partial charge >= 0.3 is 0 Å². The second-order valence-corrected chi connectivity index (χ2v) is 4.35. The number of nitrogens with zero attached hydrogens (tertiary/aromatic N) is 3. The Labute approximate surface area is 103 Å². The lowest BCUT2D eigenvalue weighted by atomic mass is 10.2. The third kappa shape index (κ3) is 2.79. The van der Waals surface area contributed by atoms with E-state index in [0.29, 0.717) is 0 Å². The molecule has 1 aromatic heterocycles. The molecular weight excluding hydrogens is 266 g/mol. The number of hydrogen-bond donors (Lipinski definition) is 0. The minimum atomic E-state index is 0.754. The van der Waals surface area contributed by atoms with Crippen molar-refractivity contribution in [3.8, 4) is 0 Å². The van der Waals surface area contributed by atoms with Crippen LogP contribution in [0.2, 0.25) is 0 Å². The Hall–Kier alpha value is -1.42. The molecule has 3 nitrogen and oxygen atoms in total. The van der Waals surface area contributed by atoms with Crippen LogP contribution in [-0.2, 0) is 6.54 Å². The highest BCUT2D eigenvalue weighted by molar-refractivity contribution is 9.10. The lowest BCUT2D eigenvalue weighted by Crippen LogP contribution is -2.17. The van der Waals surface area contributed by atoms with Gasteiger partial charge in [0, 0.05) is 13.6 Å². The highest BCUT2D eigenvalue weighted by Crippen LogP contribution is 2.12. The molecule has 4 heteroatoms. The van der Waals surface area contributed by atoms with Crippen molar-refractivity contribution in [2.45, 2.75) is 6.54 Å². The molecule has 0 saturated carbocycles. The van der Waals surface area contributed by atoms with E-state index in [4.69, 9.17) is 0 Å². The molecule has 16 heavy (non-hydrogen) atoms. The molecule has 0 aliphatic heterocycles. The van der Waals surface area contributed by atoms with E-state index in [0.717, 1.165) is 17.0 Å². The van der Waals surface area contributed by atoms with Crippen LogP contribution in [0.4, 0.5) is 5.82 Å². The van der Waals surface area contributed by atoms with Gasteiger partial charge in [-0.25, -0.2) is 9.97 Å². The zero-order chi connectivity index (χ0) is 11.4. The molecule has 0 saturated heterocycles. The van der Waals surface area contributed by atoms with Crippen molar-refractivity contribution in [2.24, 2.45) is 0 Å². The summed E-state index contributed by atoms with van der Waals surface area (Å²) in [5.74, 6) is 0.868. The smallest absolute Gasteiger partial charge is 0.147 e. The van der Waals surface area contributed by atoms with Crippen LogP contribution in [0.5, 0.6) is 0 Å². The van der Waals surface area contributed by atoms with Crippen LogP contribution < -0.4 is 4.90 Å². The molecule has 2 rings (SSSR count). The van der Waals surface area contributed by atoms with Gasteiger partial charge < -0.3 is 4.90 Å². The molecule has 0 N–H and O–H groups in total. The Morgan fingerprint density at radius 1 is 1.12 bits per heavy atom. The Morgan fingerprint density at radius 3 is 2.50 bits per heavy atom. The van der Waals surface area contributed by atoms with Gasteiger partial charge in [0.2, 0.25) is 0 Å². The molecule has 0 fully saturated rings. The fraction of sp³-hybridized carbons (Fsp3) is 0.167. The van der Waals surface area contributed by atoms with Gasteiger partial charge in [0.15, 0.2) is 0 Å². The average Bonchev–Trinajstić information content (AvgIpc) is 2.31. The SMILES string of the molecule is CN(Cc1ccccc1)c1cnc(Br)cn1. The van der Waals surface area contributed by atoms with Crippen molar-refractivity contribution in [3.63, 3.8) is 0 Å². The van der Waals surface area contributed by atoms with E-state index in [-0.39, 0.29) is 0 Å². The van der Waals surface area contributed by atoms with Crippen molar-refractivity contribution in [3.05, 3.63) is 52.9 Å². The zero-order valence-electron chi connectivity index (χ0n) is 8.97. The summed E-state index contributed by atoms with van der Waals surface area (Å²) in [6.45, 7) is 0.831. The maximum atomic E-state index is 4.29. The van der Waals surface area contributed by atoms with Gasteiger partial charge in [-0.15, -0.1) is 0 Å². The van der Waals surface area contributed by atoms with Crippen LogP contribution in [0.25, 0.3) is 0 Å². The van der Waals surface area contributed by atoms with Crippen LogP contribution in [0, 0.1) is 0 Å². The lowest BCUT2D eigenvalue weighted by Gasteiger charge is -2.17. The molecule has 0 bridgehead atoms. The molecule has 0 aliphatic carbocycles. The third-order valence-corrected chi connectivity index (χ3v) is 2.67. The van der Waals surface area contributed by atoms with Crippen molar-refractivity contribution in [2.75, 3.05) is 11.9 Å². The Kier molecular flexibility index (Phi) is 3.51. The molecule has 1 heterocycles. The first-order valence-corrected chi connectivity index (χ1v) is 5.77. The summed E-state index contributed by atoms with van der Waals surface area (Å²) < 4.78 is 0.754. The first-order valence-electron chi connectivity index (χ1n) is 4.98. The Morgan fingerprint density at radius 2 is 1.88 bits per heavy atom. The summed E-state index contributed by atoms with van der Waals surface area (Å²) in [6, 6.07) is 10.3. The lowest BCUT2D eigenvalue weighted by molar-refractivity contribution is 0.888. The van der Waals surface area contributed by atoms with Crippen molar-refractivity contribution in [1.82, 2.24) is 9.97 Å². The van der Waals surface area contributed by atoms with E-state index in [9.17, 15) is 0 Å². The summed E-state index contributed by atoms with van der Waals surface area (Å²) in [5, 5.41) is 0. The third-order valence-electron chi connectivity index (χ3n) is 2.26. The Balaban J connectivity index is 2.09. The zero-order valence-corrected chi connectivity index (χ0v) is 10.6. The predicted octanol–water partition coefficient (Wildman–Crippen LogP) is 2.88. The minimum Gasteiger partial charge on any atom is -0.354 e. The molecule has 0 amide bonds. The van der Waals surface area contributed by atoms with Gasteiger partial charge in [-0.2, -0.15) is 0 Å². The maximum absolute atomic E-state index is 4.29. The number of rotatable bonds is 3. The van der Waals surface area contributed by atoms with Crippen molar-refractivity contribution < 1.29 is 0 Å². The summed E-state index contributed by atoms with van der Waals surface area (Å²) in [5.41, 5.74) is 1.26. The predicted molar refractivity (Wildman–Crippen MR) is 68.3 cm³/mol. The standard InChI is InChI=1S/C12H12BrN3/c1-16(9-10-5-3-2-4-6-10)12-8-14-11(13)7-15-12/h2-8H,9H2,1H3. The number of hydrogen-bond acceptors (Lipinski definition) is 3. The fourth-order valence-corrected chi connectivity index (χ4v) is 1.65. The Bertz CT molecular complexity index is 442. The molecule has 0 spiro atoms. The summed E-state index contributed by atoms with van der Waals surface area (Å²) in [4.78, 5) is 10.5. The highest BCUT2D eigenvalue weighted by Gasteiger charge is 2.03.